The summed E-state index contributed by atoms with van der Waals surface area (Å²) in [5, 5.41) is 13.6. The van der Waals surface area contributed by atoms with E-state index in [1.54, 1.807) is 19.1 Å². The van der Waals surface area contributed by atoms with Crippen LogP contribution in [0.1, 0.15) is 36.8 Å². The van der Waals surface area contributed by atoms with Crippen LogP contribution in [0.15, 0.2) is 47.4 Å². The molecule has 1 aliphatic carbocycles. The largest absolute Gasteiger partial charge is 0.324 e. The van der Waals surface area contributed by atoms with E-state index in [9.17, 15) is 23.3 Å². The van der Waals surface area contributed by atoms with E-state index in [2.05, 4.69) is 5.32 Å². The van der Waals surface area contributed by atoms with E-state index in [4.69, 9.17) is 0 Å². The molecule has 148 valence electrons. The third-order valence-electron chi connectivity index (χ3n) is 5.29. The molecule has 1 aliphatic rings. The van der Waals surface area contributed by atoms with Gasteiger partial charge in [0.15, 0.2) is 14.6 Å². The maximum atomic E-state index is 13.6. The van der Waals surface area contributed by atoms with Gasteiger partial charge in [0.2, 0.25) is 5.91 Å². The Morgan fingerprint density at radius 3 is 2.43 bits per heavy atom. The van der Waals surface area contributed by atoms with Crippen LogP contribution < -0.4 is 5.32 Å². The number of non-ortho nitro benzene ring substituents is 1. The third-order valence-corrected chi connectivity index (χ3v) is 7.93. The average molecular weight is 402 g/mol. The number of carbonyl (C=O) groups is 1. The van der Waals surface area contributed by atoms with Crippen LogP contribution in [0, 0.1) is 24.0 Å². The molecule has 3 rings (SSSR count). The summed E-state index contributed by atoms with van der Waals surface area (Å²) in [5.74, 6) is -0.633. The van der Waals surface area contributed by atoms with Crippen molar-refractivity contribution in [2.75, 3.05) is 5.32 Å². The number of nitro groups is 1. The van der Waals surface area contributed by atoms with Gasteiger partial charge in [-0.25, -0.2) is 8.42 Å². The first-order valence-electron chi connectivity index (χ1n) is 9.05. The van der Waals surface area contributed by atoms with Gasteiger partial charge in [-0.3, -0.25) is 14.9 Å². The highest BCUT2D eigenvalue weighted by atomic mass is 32.2. The standard InChI is InChI=1S/C20H22N2O5S/c1-14-8-9-15(2)18(12-14)28(26,27)20(10-3-4-11-20)19(23)21-16-6-5-7-17(13-16)22(24)25/h5-9,12-13H,3-4,10-11H2,1-2H3,(H,21,23). The van der Waals surface area contributed by atoms with Crippen molar-refractivity contribution in [1.82, 2.24) is 0 Å². The Hall–Kier alpha value is -2.74. The Morgan fingerprint density at radius 2 is 1.79 bits per heavy atom. The lowest BCUT2D eigenvalue weighted by Crippen LogP contribution is -2.47. The maximum absolute atomic E-state index is 13.6. The highest BCUT2D eigenvalue weighted by molar-refractivity contribution is 7.93. The Bertz CT molecular complexity index is 1040. The second kappa shape index (κ2) is 7.35. The van der Waals surface area contributed by atoms with Crippen molar-refractivity contribution in [3.63, 3.8) is 0 Å². The molecule has 0 heterocycles. The monoisotopic (exact) mass is 402 g/mol. The molecule has 1 amide bonds. The minimum Gasteiger partial charge on any atom is -0.324 e. The summed E-state index contributed by atoms with van der Waals surface area (Å²) >= 11 is 0. The predicted molar refractivity (Wildman–Crippen MR) is 106 cm³/mol. The van der Waals surface area contributed by atoms with E-state index in [1.807, 2.05) is 13.0 Å². The second-order valence-electron chi connectivity index (χ2n) is 7.24. The highest BCUT2D eigenvalue weighted by Gasteiger charge is 2.53. The Kier molecular flexibility index (Phi) is 5.25. The number of carbonyl (C=O) groups excluding carboxylic acids is 1. The minimum absolute atomic E-state index is 0.170. The second-order valence-corrected chi connectivity index (χ2v) is 9.46. The summed E-state index contributed by atoms with van der Waals surface area (Å²) < 4.78 is 25.6. The molecule has 7 nitrogen and oxygen atoms in total. The first kappa shape index (κ1) is 20.0. The number of nitro benzene ring substituents is 1. The van der Waals surface area contributed by atoms with Gasteiger partial charge in [-0.05, 0) is 49.9 Å². The Labute approximate surface area is 163 Å². The summed E-state index contributed by atoms with van der Waals surface area (Å²) in [6.45, 7) is 3.52. The molecule has 28 heavy (non-hydrogen) atoms. The zero-order valence-corrected chi connectivity index (χ0v) is 16.6. The van der Waals surface area contributed by atoms with Crippen molar-refractivity contribution in [2.24, 2.45) is 0 Å². The van der Waals surface area contributed by atoms with Crippen molar-refractivity contribution < 1.29 is 18.1 Å². The van der Waals surface area contributed by atoms with E-state index >= 15 is 0 Å². The molecule has 8 heteroatoms. The van der Waals surface area contributed by atoms with Crippen molar-refractivity contribution in [2.45, 2.75) is 49.2 Å². The molecule has 1 fully saturated rings. The number of aryl methyl sites for hydroxylation is 2. The quantitative estimate of drug-likeness (QED) is 0.602. The summed E-state index contributed by atoms with van der Waals surface area (Å²) in [6, 6.07) is 10.7. The van der Waals surface area contributed by atoms with Gasteiger partial charge in [-0.15, -0.1) is 0 Å². The maximum Gasteiger partial charge on any atom is 0.271 e. The Balaban J connectivity index is 2.02. The number of amides is 1. The average Bonchev–Trinajstić information content (AvgIpc) is 3.15. The zero-order chi connectivity index (χ0) is 20.5. The summed E-state index contributed by atoms with van der Waals surface area (Å²) in [5.41, 5.74) is 1.44. The lowest BCUT2D eigenvalue weighted by Gasteiger charge is -2.28. The van der Waals surface area contributed by atoms with E-state index < -0.39 is 25.4 Å². The molecular formula is C20H22N2O5S. The molecule has 2 aromatic rings. The van der Waals surface area contributed by atoms with Crippen LogP contribution in [-0.4, -0.2) is 24.0 Å². The van der Waals surface area contributed by atoms with Gasteiger partial charge < -0.3 is 5.32 Å². The molecule has 0 bridgehead atoms. The lowest BCUT2D eigenvalue weighted by molar-refractivity contribution is -0.384. The van der Waals surface area contributed by atoms with Crippen molar-refractivity contribution in [1.29, 1.82) is 0 Å². The molecule has 1 saturated carbocycles. The molecule has 1 N–H and O–H groups in total. The molecule has 0 saturated heterocycles. The normalized spacial score (nSPS) is 15.9. The van der Waals surface area contributed by atoms with E-state index in [0.717, 1.165) is 5.56 Å². The summed E-state index contributed by atoms with van der Waals surface area (Å²) in [4.78, 5) is 23.8. The number of rotatable bonds is 5. The van der Waals surface area contributed by atoms with Gasteiger partial charge in [0, 0.05) is 17.8 Å². The number of nitrogens with zero attached hydrogens (tertiary/aromatic N) is 1. The fourth-order valence-corrected chi connectivity index (χ4v) is 6.09. The van der Waals surface area contributed by atoms with Gasteiger partial charge in [-0.1, -0.05) is 31.0 Å². The van der Waals surface area contributed by atoms with E-state index in [0.29, 0.717) is 18.4 Å². The smallest absolute Gasteiger partial charge is 0.271 e. The topological polar surface area (TPSA) is 106 Å². The predicted octanol–water partition coefficient (Wildman–Crippen LogP) is 3.94. The lowest BCUT2D eigenvalue weighted by atomic mass is 10.1. The first-order chi connectivity index (χ1) is 13.2. The molecule has 0 radical (unpaired) electrons. The zero-order valence-electron chi connectivity index (χ0n) is 15.8. The molecule has 0 aromatic heterocycles. The van der Waals surface area contributed by atoms with Crippen molar-refractivity contribution in [3.05, 3.63) is 63.7 Å². The molecule has 0 spiro atoms. The van der Waals surface area contributed by atoms with Crippen LogP contribution in [-0.2, 0) is 14.6 Å². The summed E-state index contributed by atoms with van der Waals surface area (Å²) in [7, 11) is -3.95. The summed E-state index contributed by atoms with van der Waals surface area (Å²) in [6.07, 6.45) is 1.71. The number of nitrogens with one attached hydrogen (secondary N) is 1. The van der Waals surface area contributed by atoms with Gasteiger partial charge in [0.25, 0.3) is 5.69 Å². The van der Waals surface area contributed by atoms with Gasteiger partial charge in [0.1, 0.15) is 0 Å². The van der Waals surface area contributed by atoms with Crippen LogP contribution in [0.3, 0.4) is 0 Å². The van der Waals surface area contributed by atoms with Gasteiger partial charge >= 0.3 is 0 Å². The van der Waals surface area contributed by atoms with Crippen LogP contribution in [0.5, 0.6) is 0 Å². The number of anilines is 1. The Morgan fingerprint density at radius 1 is 1.11 bits per heavy atom. The molecular weight excluding hydrogens is 380 g/mol. The number of hydrogen-bond donors (Lipinski definition) is 1. The molecule has 2 aromatic carbocycles. The van der Waals surface area contributed by atoms with E-state index in [-0.39, 0.29) is 29.1 Å². The molecule has 0 aliphatic heterocycles. The number of sulfone groups is 1. The SMILES string of the molecule is Cc1ccc(C)c(S(=O)(=O)C2(C(=O)Nc3cccc([N+](=O)[O-])c3)CCCC2)c1. The highest BCUT2D eigenvalue weighted by Crippen LogP contribution is 2.42. The minimum atomic E-state index is -3.95. The first-order valence-corrected chi connectivity index (χ1v) is 10.5. The van der Waals surface area contributed by atoms with E-state index in [1.165, 1.54) is 24.3 Å². The number of hydrogen-bond acceptors (Lipinski definition) is 5. The van der Waals surface area contributed by atoms with Crippen LogP contribution in [0.25, 0.3) is 0 Å². The molecule has 0 atom stereocenters. The third kappa shape index (κ3) is 3.40. The van der Waals surface area contributed by atoms with Crippen LogP contribution in [0.4, 0.5) is 11.4 Å². The van der Waals surface area contributed by atoms with Crippen LogP contribution >= 0.6 is 0 Å². The van der Waals surface area contributed by atoms with Crippen LogP contribution in [0.2, 0.25) is 0 Å². The molecule has 0 unspecified atom stereocenters. The van der Waals surface area contributed by atoms with Crippen molar-refractivity contribution >= 4 is 27.1 Å². The number of benzene rings is 2. The fourth-order valence-electron chi connectivity index (χ4n) is 3.71. The fraction of sp³-hybridized carbons (Fsp3) is 0.350. The van der Waals surface area contributed by atoms with Gasteiger partial charge in [-0.2, -0.15) is 0 Å². The van der Waals surface area contributed by atoms with Gasteiger partial charge in [0.05, 0.1) is 9.82 Å². The van der Waals surface area contributed by atoms with Crippen molar-refractivity contribution in [3.8, 4) is 0 Å².